The van der Waals surface area contributed by atoms with Crippen LogP contribution in [0.2, 0.25) is 0 Å². The Labute approximate surface area is 69.6 Å². The van der Waals surface area contributed by atoms with Crippen LogP contribution in [0.5, 0.6) is 0 Å². The van der Waals surface area contributed by atoms with Crippen molar-refractivity contribution in [2.24, 2.45) is 0 Å². The van der Waals surface area contributed by atoms with Crippen LogP contribution in [0.4, 0.5) is 5.82 Å². The molecule has 0 amide bonds. The van der Waals surface area contributed by atoms with Crippen molar-refractivity contribution in [3.05, 3.63) is 17.6 Å². The first-order chi connectivity index (χ1) is 5.63. The van der Waals surface area contributed by atoms with E-state index in [9.17, 15) is 4.79 Å². The highest BCUT2D eigenvalue weighted by atomic mass is 16.5. The highest BCUT2D eigenvalue weighted by Crippen LogP contribution is 2.02. The molecule has 5 heteroatoms. The number of nitrogens with zero attached hydrogens (tertiary/aromatic N) is 2. The summed E-state index contributed by atoms with van der Waals surface area (Å²) in [4.78, 5) is 18.5. The Hall–Kier alpha value is -1.65. The third-order valence-corrected chi connectivity index (χ3v) is 1.24. The zero-order valence-corrected chi connectivity index (χ0v) is 6.87. The molecule has 0 fully saturated rings. The summed E-state index contributed by atoms with van der Waals surface area (Å²) in [6, 6.07) is 1.58. The smallest absolute Gasteiger partial charge is 0.376 e. The Bertz CT molecular complexity index is 291. The van der Waals surface area contributed by atoms with E-state index in [1.807, 2.05) is 0 Å². The summed E-state index contributed by atoms with van der Waals surface area (Å²) in [5.74, 6) is -0.316. The van der Waals surface area contributed by atoms with Gasteiger partial charge in [-0.25, -0.2) is 14.8 Å². The number of methoxy groups -OCH3 is 1. The number of rotatable bonds is 1. The van der Waals surface area contributed by atoms with Gasteiger partial charge in [0.1, 0.15) is 5.82 Å². The maximum absolute atomic E-state index is 10.9. The first-order valence-corrected chi connectivity index (χ1v) is 3.33. The fraction of sp³-hybridized carbons (Fsp3) is 0.286. The van der Waals surface area contributed by atoms with Crippen LogP contribution in [0, 0.1) is 6.92 Å². The van der Waals surface area contributed by atoms with Crippen LogP contribution in [-0.4, -0.2) is 23.0 Å². The van der Waals surface area contributed by atoms with Crippen molar-refractivity contribution < 1.29 is 9.53 Å². The van der Waals surface area contributed by atoms with Crippen molar-refractivity contribution >= 4 is 11.8 Å². The van der Waals surface area contributed by atoms with Crippen molar-refractivity contribution in [2.75, 3.05) is 12.8 Å². The summed E-state index contributed by atoms with van der Waals surface area (Å²) < 4.78 is 4.43. The van der Waals surface area contributed by atoms with Crippen LogP contribution in [0.1, 0.15) is 16.3 Å². The lowest BCUT2D eigenvalue weighted by molar-refractivity contribution is 0.0586. The Morgan fingerprint density at radius 3 is 2.75 bits per heavy atom. The van der Waals surface area contributed by atoms with E-state index < -0.39 is 5.97 Å². The molecule has 0 saturated heterocycles. The highest BCUT2D eigenvalue weighted by Gasteiger charge is 2.09. The molecule has 0 radical (unpaired) electrons. The van der Waals surface area contributed by atoms with Gasteiger partial charge < -0.3 is 10.5 Å². The van der Waals surface area contributed by atoms with E-state index in [0.29, 0.717) is 5.69 Å². The van der Waals surface area contributed by atoms with Crippen LogP contribution < -0.4 is 5.73 Å². The molecule has 1 rings (SSSR count). The molecule has 1 heterocycles. The Morgan fingerprint density at radius 1 is 1.58 bits per heavy atom. The average Bonchev–Trinajstić information content (AvgIpc) is 2.01. The molecular weight excluding hydrogens is 158 g/mol. The number of anilines is 1. The summed E-state index contributed by atoms with van der Waals surface area (Å²) >= 11 is 0. The van der Waals surface area contributed by atoms with Gasteiger partial charge >= 0.3 is 5.97 Å². The lowest BCUT2D eigenvalue weighted by Gasteiger charge is -1.99. The number of nitrogens with two attached hydrogens (primary N) is 1. The van der Waals surface area contributed by atoms with Gasteiger partial charge in [0.05, 0.1) is 7.11 Å². The number of nitrogen functional groups attached to an aromatic ring is 1. The molecule has 0 aliphatic carbocycles. The minimum atomic E-state index is -0.578. The molecule has 0 spiro atoms. The number of esters is 1. The van der Waals surface area contributed by atoms with Crippen LogP contribution >= 0.6 is 0 Å². The molecule has 0 unspecified atom stereocenters. The van der Waals surface area contributed by atoms with Gasteiger partial charge in [-0.05, 0) is 6.92 Å². The van der Waals surface area contributed by atoms with Gasteiger partial charge in [0.2, 0.25) is 5.82 Å². The quantitative estimate of drug-likeness (QED) is 0.602. The van der Waals surface area contributed by atoms with E-state index >= 15 is 0 Å². The molecule has 0 aliphatic heterocycles. The van der Waals surface area contributed by atoms with Crippen LogP contribution in [-0.2, 0) is 4.74 Å². The fourth-order valence-corrected chi connectivity index (χ4v) is 0.775. The fourth-order valence-electron chi connectivity index (χ4n) is 0.775. The highest BCUT2D eigenvalue weighted by molar-refractivity contribution is 5.85. The number of carbonyl (C=O) groups is 1. The molecule has 0 aliphatic rings. The number of ether oxygens (including phenoxy) is 1. The van der Waals surface area contributed by atoms with Gasteiger partial charge in [-0.1, -0.05) is 0 Å². The van der Waals surface area contributed by atoms with Crippen molar-refractivity contribution in [1.82, 2.24) is 9.97 Å². The molecule has 0 aromatic carbocycles. The van der Waals surface area contributed by atoms with Gasteiger partial charge in [0, 0.05) is 11.8 Å². The van der Waals surface area contributed by atoms with E-state index in [4.69, 9.17) is 5.73 Å². The standard InChI is InChI=1S/C7H9N3O2/c1-4-3-5(8)10-6(9-4)7(11)12-2/h3H,1-2H3,(H2,8,9,10). The summed E-state index contributed by atoms with van der Waals surface area (Å²) in [5, 5.41) is 0. The SMILES string of the molecule is COC(=O)c1nc(C)cc(N)n1. The maximum atomic E-state index is 10.9. The maximum Gasteiger partial charge on any atom is 0.376 e. The zero-order chi connectivity index (χ0) is 9.14. The van der Waals surface area contributed by atoms with E-state index in [2.05, 4.69) is 14.7 Å². The predicted octanol–water partition coefficient (Wildman–Crippen LogP) is 0.154. The molecule has 0 bridgehead atoms. The molecule has 12 heavy (non-hydrogen) atoms. The Kier molecular flexibility index (Phi) is 2.23. The largest absolute Gasteiger partial charge is 0.463 e. The predicted molar refractivity (Wildman–Crippen MR) is 42.5 cm³/mol. The van der Waals surface area contributed by atoms with E-state index in [0.717, 1.165) is 0 Å². The lowest BCUT2D eigenvalue weighted by atomic mass is 10.4. The minimum absolute atomic E-state index is 0.00463. The number of aromatic nitrogens is 2. The van der Waals surface area contributed by atoms with Gasteiger partial charge in [-0.15, -0.1) is 0 Å². The van der Waals surface area contributed by atoms with Crippen molar-refractivity contribution in [3.63, 3.8) is 0 Å². The topological polar surface area (TPSA) is 78.1 Å². The third-order valence-electron chi connectivity index (χ3n) is 1.24. The molecule has 0 saturated carbocycles. The summed E-state index contributed by atoms with van der Waals surface area (Å²) in [7, 11) is 1.27. The normalized spacial score (nSPS) is 9.50. The van der Waals surface area contributed by atoms with Crippen LogP contribution in [0.25, 0.3) is 0 Å². The third kappa shape index (κ3) is 1.69. The molecule has 0 atom stereocenters. The number of carbonyl (C=O) groups excluding carboxylic acids is 1. The number of aryl methyl sites for hydroxylation is 1. The van der Waals surface area contributed by atoms with Gasteiger partial charge in [0.25, 0.3) is 0 Å². The van der Waals surface area contributed by atoms with E-state index in [1.54, 1.807) is 13.0 Å². The zero-order valence-electron chi connectivity index (χ0n) is 6.87. The van der Waals surface area contributed by atoms with Gasteiger partial charge in [-0.2, -0.15) is 0 Å². The number of hydrogen-bond acceptors (Lipinski definition) is 5. The summed E-state index contributed by atoms with van der Waals surface area (Å²) in [5.41, 5.74) is 6.03. The van der Waals surface area contributed by atoms with Crippen molar-refractivity contribution in [3.8, 4) is 0 Å². The first kappa shape index (κ1) is 8.45. The molecular formula is C7H9N3O2. The molecule has 2 N–H and O–H groups in total. The average molecular weight is 167 g/mol. The second-order valence-electron chi connectivity index (χ2n) is 2.25. The van der Waals surface area contributed by atoms with Crippen LogP contribution in [0.15, 0.2) is 6.07 Å². The van der Waals surface area contributed by atoms with Crippen molar-refractivity contribution in [1.29, 1.82) is 0 Å². The Balaban J connectivity index is 3.08. The molecule has 5 nitrogen and oxygen atoms in total. The van der Waals surface area contributed by atoms with Crippen LogP contribution in [0.3, 0.4) is 0 Å². The minimum Gasteiger partial charge on any atom is -0.463 e. The first-order valence-electron chi connectivity index (χ1n) is 3.33. The van der Waals surface area contributed by atoms with E-state index in [-0.39, 0.29) is 11.6 Å². The van der Waals surface area contributed by atoms with Gasteiger partial charge in [-0.3, -0.25) is 0 Å². The molecule has 1 aromatic heterocycles. The summed E-state index contributed by atoms with van der Waals surface area (Å²) in [6.07, 6.45) is 0. The van der Waals surface area contributed by atoms with Gasteiger partial charge in [0.15, 0.2) is 0 Å². The number of hydrogen-bond donors (Lipinski definition) is 1. The monoisotopic (exact) mass is 167 g/mol. The Morgan fingerprint density at radius 2 is 2.25 bits per heavy atom. The molecule has 1 aromatic rings. The second kappa shape index (κ2) is 3.17. The molecule has 64 valence electrons. The lowest BCUT2D eigenvalue weighted by Crippen LogP contribution is -2.09. The second-order valence-corrected chi connectivity index (χ2v) is 2.25. The summed E-state index contributed by atoms with van der Waals surface area (Å²) in [6.45, 7) is 1.73. The van der Waals surface area contributed by atoms with E-state index in [1.165, 1.54) is 7.11 Å². The van der Waals surface area contributed by atoms with Crippen molar-refractivity contribution in [2.45, 2.75) is 6.92 Å².